The number of benzene rings is 1. The molecular weight excluding hydrogens is 231 g/mol. The highest BCUT2D eigenvalue weighted by molar-refractivity contribution is 6.52. The minimum absolute atomic E-state index is 0.156. The van der Waals surface area contributed by atoms with E-state index < -0.39 is 4.33 Å². The fourth-order valence-electron chi connectivity index (χ4n) is 2.62. The first kappa shape index (κ1) is 9.68. The highest BCUT2D eigenvalue weighted by Crippen LogP contribution is 2.68. The molecule has 1 fully saturated rings. The lowest BCUT2D eigenvalue weighted by Crippen LogP contribution is -2.05. The zero-order chi connectivity index (χ0) is 10.6. The van der Waals surface area contributed by atoms with Crippen LogP contribution in [0.2, 0.25) is 0 Å². The van der Waals surface area contributed by atoms with Crippen LogP contribution in [0.1, 0.15) is 34.7 Å². The van der Waals surface area contributed by atoms with Gasteiger partial charge in [-0.15, -0.1) is 23.2 Å². The van der Waals surface area contributed by atoms with Gasteiger partial charge in [-0.2, -0.15) is 0 Å². The number of alkyl halides is 2. The Kier molecular flexibility index (Phi) is 1.93. The topological polar surface area (TPSA) is 17.1 Å². The van der Waals surface area contributed by atoms with E-state index in [1.807, 2.05) is 24.3 Å². The molecule has 0 spiro atoms. The van der Waals surface area contributed by atoms with Crippen LogP contribution >= 0.6 is 23.2 Å². The van der Waals surface area contributed by atoms with E-state index in [2.05, 4.69) is 0 Å². The number of ketones is 1. The van der Waals surface area contributed by atoms with E-state index in [0.29, 0.717) is 6.42 Å². The summed E-state index contributed by atoms with van der Waals surface area (Å²) < 4.78 is -0.642. The third-order valence-corrected chi connectivity index (χ3v) is 4.51. The van der Waals surface area contributed by atoms with E-state index in [1.165, 1.54) is 0 Å². The lowest BCUT2D eigenvalue weighted by Gasteiger charge is -2.07. The van der Waals surface area contributed by atoms with Gasteiger partial charge in [-0.3, -0.25) is 4.79 Å². The van der Waals surface area contributed by atoms with Crippen molar-refractivity contribution in [1.82, 2.24) is 0 Å². The van der Waals surface area contributed by atoms with Crippen molar-refractivity contribution >= 4 is 29.0 Å². The van der Waals surface area contributed by atoms with Gasteiger partial charge >= 0.3 is 0 Å². The van der Waals surface area contributed by atoms with Crippen molar-refractivity contribution in [3.05, 3.63) is 35.4 Å². The molecule has 2 atom stereocenters. The van der Waals surface area contributed by atoms with E-state index in [4.69, 9.17) is 23.2 Å². The average Bonchev–Trinajstić information content (AvgIpc) is 2.81. The van der Waals surface area contributed by atoms with Crippen molar-refractivity contribution in [2.24, 2.45) is 5.92 Å². The van der Waals surface area contributed by atoms with Gasteiger partial charge in [0.05, 0.1) is 0 Å². The van der Waals surface area contributed by atoms with Crippen LogP contribution in [-0.4, -0.2) is 10.1 Å². The van der Waals surface area contributed by atoms with Crippen LogP contribution in [0.5, 0.6) is 0 Å². The van der Waals surface area contributed by atoms with Gasteiger partial charge in [0.1, 0.15) is 4.33 Å². The van der Waals surface area contributed by atoms with Gasteiger partial charge in [0, 0.05) is 23.8 Å². The van der Waals surface area contributed by atoms with Gasteiger partial charge in [0.2, 0.25) is 0 Å². The normalized spacial score (nSPS) is 31.5. The summed E-state index contributed by atoms with van der Waals surface area (Å²) in [6.07, 6.45) is 1.38. The molecule has 0 bridgehead atoms. The standard InChI is InChI=1S/C12H10Cl2O/c13-12(14)9-5-6-10(15)7-3-1-2-4-8(7)11(9)12/h1-4,9,11H,5-6H2/t9-,11+/m0/s1. The van der Waals surface area contributed by atoms with Gasteiger partial charge in [-0.1, -0.05) is 24.3 Å². The molecule has 0 saturated heterocycles. The Morgan fingerprint density at radius 1 is 1.27 bits per heavy atom. The fraction of sp³-hybridized carbons (Fsp3) is 0.417. The molecule has 1 nitrogen and oxygen atoms in total. The summed E-state index contributed by atoms with van der Waals surface area (Å²) in [7, 11) is 0. The number of carbonyl (C=O) groups is 1. The smallest absolute Gasteiger partial charge is 0.163 e. The maximum atomic E-state index is 11.8. The van der Waals surface area contributed by atoms with Gasteiger partial charge < -0.3 is 0 Å². The third kappa shape index (κ3) is 1.26. The van der Waals surface area contributed by atoms with Crippen LogP contribution in [0.3, 0.4) is 0 Å². The summed E-state index contributed by atoms with van der Waals surface area (Å²) in [5.41, 5.74) is 1.85. The quantitative estimate of drug-likeness (QED) is 0.635. The predicted octanol–water partition coefficient (Wildman–Crippen LogP) is 3.55. The molecule has 3 heteroatoms. The summed E-state index contributed by atoms with van der Waals surface area (Å²) in [6, 6.07) is 7.69. The second-order valence-electron chi connectivity index (χ2n) is 4.31. The van der Waals surface area contributed by atoms with E-state index in [1.54, 1.807) is 0 Å². The van der Waals surface area contributed by atoms with Crippen LogP contribution in [0.4, 0.5) is 0 Å². The highest BCUT2D eigenvalue weighted by Gasteiger charge is 2.64. The monoisotopic (exact) mass is 240 g/mol. The Morgan fingerprint density at radius 2 is 2.00 bits per heavy atom. The minimum Gasteiger partial charge on any atom is -0.294 e. The van der Waals surface area contributed by atoms with Crippen molar-refractivity contribution < 1.29 is 4.79 Å². The molecule has 0 radical (unpaired) electrons. The van der Waals surface area contributed by atoms with Gasteiger partial charge in [0.15, 0.2) is 5.78 Å². The van der Waals surface area contributed by atoms with Crippen molar-refractivity contribution in [2.45, 2.75) is 23.1 Å². The van der Waals surface area contributed by atoms with Crippen molar-refractivity contribution in [2.75, 3.05) is 0 Å². The van der Waals surface area contributed by atoms with E-state index in [0.717, 1.165) is 17.5 Å². The highest BCUT2D eigenvalue weighted by atomic mass is 35.5. The summed E-state index contributed by atoms with van der Waals surface area (Å²) in [5, 5.41) is 0. The van der Waals surface area contributed by atoms with E-state index in [-0.39, 0.29) is 17.6 Å². The third-order valence-electron chi connectivity index (χ3n) is 3.48. The molecule has 78 valence electrons. The molecule has 0 unspecified atom stereocenters. The molecule has 0 aliphatic heterocycles. The van der Waals surface area contributed by atoms with Crippen LogP contribution in [0, 0.1) is 5.92 Å². The maximum absolute atomic E-state index is 11.8. The summed E-state index contributed by atoms with van der Waals surface area (Å²) in [6.45, 7) is 0. The average molecular weight is 241 g/mol. The second-order valence-corrected chi connectivity index (χ2v) is 5.75. The molecule has 0 aromatic heterocycles. The zero-order valence-corrected chi connectivity index (χ0v) is 9.55. The fourth-order valence-corrected chi connectivity index (χ4v) is 3.50. The van der Waals surface area contributed by atoms with Gasteiger partial charge in [-0.05, 0) is 12.0 Å². The van der Waals surface area contributed by atoms with Gasteiger partial charge in [0.25, 0.3) is 0 Å². The molecule has 0 N–H and O–H groups in total. The lowest BCUT2D eigenvalue weighted by atomic mass is 10.0. The summed E-state index contributed by atoms with van der Waals surface area (Å²) in [5.74, 6) is 0.638. The number of hydrogen-bond donors (Lipinski definition) is 0. The molecule has 0 heterocycles. The number of Topliss-reactive ketones (excluding diaryl/α,β-unsaturated/α-hetero) is 1. The number of hydrogen-bond acceptors (Lipinski definition) is 1. The Bertz CT molecular complexity index is 439. The first-order valence-electron chi connectivity index (χ1n) is 5.12. The minimum atomic E-state index is -0.642. The SMILES string of the molecule is O=C1CC[C@H]2[C@@H](c3ccccc31)C2(Cl)Cl. The van der Waals surface area contributed by atoms with Crippen LogP contribution in [-0.2, 0) is 0 Å². The van der Waals surface area contributed by atoms with Crippen molar-refractivity contribution in [1.29, 1.82) is 0 Å². The van der Waals surface area contributed by atoms with Crippen LogP contribution < -0.4 is 0 Å². The Balaban J connectivity index is 2.14. The molecule has 0 amide bonds. The number of fused-ring (bicyclic) bond motifs is 3. The molecule has 1 aromatic carbocycles. The maximum Gasteiger partial charge on any atom is 0.163 e. The first-order chi connectivity index (χ1) is 7.12. The largest absolute Gasteiger partial charge is 0.294 e. The van der Waals surface area contributed by atoms with Crippen LogP contribution in [0.15, 0.2) is 24.3 Å². The molecule has 1 aromatic rings. The molecule has 15 heavy (non-hydrogen) atoms. The Labute approximate surface area is 98.4 Å². The number of halogens is 2. The molecule has 2 aliphatic rings. The van der Waals surface area contributed by atoms with Crippen molar-refractivity contribution in [3.63, 3.8) is 0 Å². The zero-order valence-electron chi connectivity index (χ0n) is 8.04. The number of carbonyl (C=O) groups excluding carboxylic acids is 1. The van der Waals surface area contributed by atoms with Crippen LogP contribution in [0.25, 0.3) is 0 Å². The lowest BCUT2D eigenvalue weighted by molar-refractivity contribution is 0.0979. The van der Waals surface area contributed by atoms with Crippen molar-refractivity contribution in [3.8, 4) is 0 Å². The molecular formula is C12H10Cl2O. The molecule has 3 rings (SSSR count). The Hall–Kier alpha value is -0.530. The summed E-state index contributed by atoms with van der Waals surface area (Å²) >= 11 is 12.4. The van der Waals surface area contributed by atoms with Gasteiger partial charge in [-0.25, -0.2) is 0 Å². The van der Waals surface area contributed by atoms with E-state index >= 15 is 0 Å². The summed E-state index contributed by atoms with van der Waals surface area (Å²) in [4.78, 5) is 11.8. The van der Waals surface area contributed by atoms with E-state index in [9.17, 15) is 4.79 Å². The Morgan fingerprint density at radius 3 is 2.80 bits per heavy atom. The second kappa shape index (κ2) is 2.99. The first-order valence-corrected chi connectivity index (χ1v) is 5.88. The molecule has 2 aliphatic carbocycles. The predicted molar refractivity (Wildman–Crippen MR) is 60.7 cm³/mol. The number of rotatable bonds is 0. The molecule has 1 saturated carbocycles.